The molecule has 6 heteroatoms. The lowest BCUT2D eigenvalue weighted by Crippen LogP contribution is -2.60. The monoisotopic (exact) mass is 368 g/mol. The van der Waals surface area contributed by atoms with Crippen LogP contribution in [0.4, 0.5) is 0 Å². The third-order valence-corrected chi connectivity index (χ3v) is 6.16. The van der Waals surface area contributed by atoms with Crippen molar-refractivity contribution in [3.05, 3.63) is 36.0 Å². The summed E-state index contributed by atoms with van der Waals surface area (Å²) in [4.78, 5) is 21.6. The van der Waals surface area contributed by atoms with E-state index in [2.05, 4.69) is 40.4 Å². The zero-order valence-corrected chi connectivity index (χ0v) is 16.2. The highest BCUT2D eigenvalue weighted by molar-refractivity contribution is 5.84. The molecule has 1 amide bonds. The highest BCUT2D eigenvalue weighted by atomic mass is 16.5. The van der Waals surface area contributed by atoms with Gasteiger partial charge in [-0.2, -0.15) is 0 Å². The lowest BCUT2D eigenvalue weighted by Gasteiger charge is -2.49. The van der Waals surface area contributed by atoms with Crippen LogP contribution in [0.15, 0.2) is 30.3 Å². The second kappa shape index (κ2) is 7.44. The van der Waals surface area contributed by atoms with Crippen molar-refractivity contribution in [1.82, 2.24) is 20.1 Å². The van der Waals surface area contributed by atoms with Gasteiger partial charge in [-0.1, -0.05) is 18.2 Å². The Morgan fingerprint density at radius 1 is 1.22 bits per heavy atom. The van der Waals surface area contributed by atoms with Gasteiger partial charge in [0.05, 0.1) is 12.8 Å². The summed E-state index contributed by atoms with van der Waals surface area (Å²) in [6.45, 7) is 4.61. The number of carbonyl (C=O) groups excluding carboxylic acids is 1. The molecule has 1 atom stereocenters. The van der Waals surface area contributed by atoms with Gasteiger partial charge in [-0.3, -0.25) is 14.6 Å². The van der Waals surface area contributed by atoms with Crippen LogP contribution in [-0.4, -0.2) is 66.6 Å². The number of benzene rings is 1. The number of nitrogens with one attached hydrogen (secondary N) is 1. The molecule has 144 valence electrons. The number of piperazine rings is 1. The summed E-state index contributed by atoms with van der Waals surface area (Å²) in [6, 6.07) is 10.3. The number of carbonyl (C=O) groups is 1. The van der Waals surface area contributed by atoms with Gasteiger partial charge in [0.25, 0.3) is 0 Å². The topological polar surface area (TPSA) is 57.7 Å². The summed E-state index contributed by atoms with van der Waals surface area (Å²) in [6.07, 6.45) is 2.54. The molecule has 2 aromatic rings. The molecule has 2 aliphatic rings. The van der Waals surface area contributed by atoms with E-state index in [1.54, 1.807) is 7.11 Å². The van der Waals surface area contributed by atoms with Crippen molar-refractivity contribution >= 4 is 16.8 Å². The number of hydrogen-bond donors (Lipinski definition) is 1. The highest BCUT2D eigenvalue weighted by Crippen LogP contribution is 2.31. The molecule has 0 unspecified atom stereocenters. The Balaban J connectivity index is 1.54. The minimum Gasteiger partial charge on any atom is -0.494 e. The summed E-state index contributed by atoms with van der Waals surface area (Å²) < 4.78 is 5.48. The second-order valence-corrected chi connectivity index (χ2v) is 7.79. The predicted molar refractivity (Wildman–Crippen MR) is 106 cm³/mol. The van der Waals surface area contributed by atoms with Gasteiger partial charge in [-0.15, -0.1) is 0 Å². The average Bonchev–Trinajstić information content (AvgIpc) is 2.86. The summed E-state index contributed by atoms with van der Waals surface area (Å²) in [7, 11) is 3.89. The maximum atomic E-state index is 11.8. The van der Waals surface area contributed by atoms with E-state index < -0.39 is 0 Å². The van der Waals surface area contributed by atoms with Crippen molar-refractivity contribution < 1.29 is 9.53 Å². The second-order valence-electron chi connectivity index (χ2n) is 7.79. The van der Waals surface area contributed by atoms with Gasteiger partial charge in [0.15, 0.2) is 0 Å². The fourth-order valence-corrected chi connectivity index (χ4v) is 4.46. The zero-order valence-electron chi connectivity index (χ0n) is 16.2. The van der Waals surface area contributed by atoms with Crippen molar-refractivity contribution in [2.45, 2.75) is 31.3 Å². The minimum absolute atomic E-state index is 0.0753. The molecule has 4 rings (SSSR count). The Morgan fingerprint density at radius 2 is 2.11 bits per heavy atom. The van der Waals surface area contributed by atoms with Gasteiger partial charge in [0.1, 0.15) is 11.3 Å². The summed E-state index contributed by atoms with van der Waals surface area (Å²) in [5, 5.41) is 4.12. The Hall–Kier alpha value is -2.18. The molecule has 2 aliphatic heterocycles. The van der Waals surface area contributed by atoms with E-state index in [0.29, 0.717) is 6.42 Å². The molecule has 0 aliphatic carbocycles. The first-order valence-electron chi connectivity index (χ1n) is 9.73. The fraction of sp³-hybridized carbons (Fsp3) is 0.524. The van der Waals surface area contributed by atoms with E-state index in [9.17, 15) is 4.79 Å². The van der Waals surface area contributed by atoms with Crippen LogP contribution in [0.2, 0.25) is 0 Å². The quantitative estimate of drug-likeness (QED) is 0.898. The SMILES string of the molecule is COc1cccc2ccc(CN3CCN(C)[C@@]4(CCNC(=O)CC4)C3)nc12. The first-order valence-corrected chi connectivity index (χ1v) is 9.73. The van der Waals surface area contributed by atoms with E-state index in [0.717, 1.165) is 67.9 Å². The zero-order chi connectivity index (χ0) is 18.9. The van der Waals surface area contributed by atoms with Crippen LogP contribution in [0.3, 0.4) is 0 Å². The van der Waals surface area contributed by atoms with Gasteiger partial charge in [0, 0.05) is 50.1 Å². The normalized spacial score (nSPS) is 24.7. The van der Waals surface area contributed by atoms with Crippen molar-refractivity contribution in [2.24, 2.45) is 0 Å². The number of aromatic nitrogens is 1. The average molecular weight is 368 g/mol. The van der Waals surface area contributed by atoms with E-state index in [-0.39, 0.29) is 11.4 Å². The molecule has 0 bridgehead atoms. The molecule has 27 heavy (non-hydrogen) atoms. The van der Waals surface area contributed by atoms with Crippen LogP contribution in [0.1, 0.15) is 25.0 Å². The molecule has 1 N–H and O–H groups in total. The molecular weight excluding hydrogens is 340 g/mol. The van der Waals surface area contributed by atoms with Crippen LogP contribution in [0, 0.1) is 0 Å². The Labute approximate surface area is 160 Å². The third-order valence-electron chi connectivity index (χ3n) is 6.16. The fourth-order valence-electron chi connectivity index (χ4n) is 4.46. The molecule has 6 nitrogen and oxygen atoms in total. The number of pyridine rings is 1. The summed E-state index contributed by atoms with van der Waals surface area (Å²) >= 11 is 0. The maximum absolute atomic E-state index is 11.8. The maximum Gasteiger partial charge on any atom is 0.220 e. The number of methoxy groups -OCH3 is 1. The largest absolute Gasteiger partial charge is 0.494 e. The number of likely N-dealkylation sites (N-methyl/N-ethyl adjacent to an activating group) is 1. The van der Waals surface area contributed by atoms with E-state index in [4.69, 9.17) is 9.72 Å². The number of ether oxygens (including phenoxy) is 1. The van der Waals surface area contributed by atoms with E-state index in [1.165, 1.54) is 0 Å². The number of hydrogen-bond acceptors (Lipinski definition) is 5. The molecule has 0 saturated carbocycles. The lowest BCUT2D eigenvalue weighted by atomic mass is 9.86. The van der Waals surface area contributed by atoms with Crippen molar-refractivity contribution in [2.75, 3.05) is 40.3 Å². The minimum atomic E-state index is 0.0753. The van der Waals surface area contributed by atoms with Crippen LogP contribution >= 0.6 is 0 Å². The Kier molecular flexibility index (Phi) is 5.02. The first-order chi connectivity index (χ1) is 13.1. The molecule has 1 aromatic carbocycles. The number of rotatable bonds is 3. The molecule has 0 radical (unpaired) electrons. The number of nitrogens with zero attached hydrogens (tertiary/aromatic N) is 3. The van der Waals surface area contributed by atoms with Crippen molar-refractivity contribution in [3.8, 4) is 5.75 Å². The summed E-state index contributed by atoms with van der Waals surface area (Å²) in [5.74, 6) is 0.998. The first kappa shape index (κ1) is 18.2. The van der Waals surface area contributed by atoms with Crippen LogP contribution in [0.25, 0.3) is 10.9 Å². The van der Waals surface area contributed by atoms with Crippen LogP contribution in [0.5, 0.6) is 5.75 Å². The predicted octanol–water partition coefficient (Wildman–Crippen LogP) is 2.03. The van der Waals surface area contributed by atoms with Gasteiger partial charge in [-0.05, 0) is 32.0 Å². The Morgan fingerprint density at radius 3 is 2.96 bits per heavy atom. The molecular formula is C21H28N4O2. The van der Waals surface area contributed by atoms with E-state index >= 15 is 0 Å². The van der Waals surface area contributed by atoms with Gasteiger partial charge < -0.3 is 10.1 Å². The summed E-state index contributed by atoms with van der Waals surface area (Å²) in [5.41, 5.74) is 2.06. The van der Waals surface area contributed by atoms with Crippen molar-refractivity contribution in [3.63, 3.8) is 0 Å². The lowest BCUT2D eigenvalue weighted by molar-refractivity contribution is -0.121. The highest BCUT2D eigenvalue weighted by Gasteiger charge is 2.40. The molecule has 1 aromatic heterocycles. The standard InChI is InChI=1S/C21H28N4O2/c1-24-12-13-25(15-21(24)9-8-19(26)22-11-10-21)14-17-7-6-16-4-3-5-18(27-2)20(16)23-17/h3-7H,8-15H2,1-2H3,(H,22,26)/t21-/m0/s1. The molecule has 2 saturated heterocycles. The van der Waals surface area contributed by atoms with Gasteiger partial charge in [0.2, 0.25) is 5.91 Å². The number of amides is 1. The van der Waals surface area contributed by atoms with Gasteiger partial charge >= 0.3 is 0 Å². The number of para-hydroxylation sites is 1. The molecule has 2 fully saturated rings. The van der Waals surface area contributed by atoms with Crippen LogP contribution in [-0.2, 0) is 11.3 Å². The molecule has 3 heterocycles. The van der Waals surface area contributed by atoms with E-state index in [1.807, 2.05) is 12.1 Å². The van der Waals surface area contributed by atoms with Gasteiger partial charge in [-0.25, -0.2) is 4.98 Å². The molecule has 1 spiro atoms. The van der Waals surface area contributed by atoms with Crippen LogP contribution < -0.4 is 10.1 Å². The smallest absolute Gasteiger partial charge is 0.220 e. The Bertz CT molecular complexity index is 840. The van der Waals surface area contributed by atoms with Crippen molar-refractivity contribution in [1.29, 1.82) is 0 Å². The number of fused-ring (bicyclic) bond motifs is 1. The third kappa shape index (κ3) is 3.64.